The molecule has 0 atom stereocenters. The average molecular weight is 415 g/mol. The summed E-state index contributed by atoms with van der Waals surface area (Å²) in [6, 6.07) is 12.6. The van der Waals surface area contributed by atoms with Gasteiger partial charge in [0.05, 0.1) is 23.2 Å². The molecule has 0 N–H and O–H groups in total. The largest absolute Gasteiger partial charge is 0.380 e. The summed E-state index contributed by atoms with van der Waals surface area (Å²) in [5, 5.41) is 0. The molecule has 4 nitrogen and oxygen atoms in total. The molecule has 0 aliphatic heterocycles. The summed E-state index contributed by atoms with van der Waals surface area (Å²) < 4.78 is 8.78. The fourth-order valence-corrected chi connectivity index (χ4v) is 4.71. The van der Waals surface area contributed by atoms with Crippen LogP contribution in [-0.2, 0) is 22.5 Å². The summed E-state index contributed by atoms with van der Waals surface area (Å²) in [6.07, 6.45) is 2.39. The number of benzene rings is 2. The molecule has 0 aliphatic carbocycles. The van der Waals surface area contributed by atoms with E-state index in [2.05, 4.69) is 52.2 Å². The number of amides is 1. The molecule has 1 amide bonds. The number of aromatic nitrogens is 1. The van der Waals surface area contributed by atoms with Crippen LogP contribution >= 0.6 is 23.1 Å². The lowest BCUT2D eigenvalue weighted by molar-refractivity contribution is -0.117. The zero-order chi connectivity index (χ0) is 20.1. The summed E-state index contributed by atoms with van der Waals surface area (Å²) in [6.45, 7) is 8.03. The molecule has 28 heavy (non-hydrogen) atoms. The van der Waals surface area contributed by atoms with Crippen LogP contribution < -0.4 is 4.80 Å². The topological polar surface area (TPSA) is 43.6 Å². The second-order valence-corrected chi connectivity index (χ2v) is 8.57. The fourth-order valence-electron chi connectivity index (χ4n) is 3.08. The maximum Gasteiger partial charge on any atom is 0.252 e. The molecule has 0 bridgehead atoms. The van der Waals surface area contributed by atoms with Crippen LogP contribution in [0.3, 0.4) is 0 Å². The Morgan fingerprint density at radius 3 is 2.79 bits per heavy atom. The van der Waals surface area contributed by atoms with E-state index in [1.807, 2.05) is 20.8 Å². The first-order chi connectivity index (χ1) is 13.5. The Balaban J connectivity index is 1.97. The molecule has 2 aromatic carbocycles. The number of hydrogen-bond donors (Lipinski definition) is 0. The Hall–Kier alpha value is -1.89. The van der Waals surface area contributed by atoms with Gasteiger partial charge in [0.25, 0.3) is 5.91 Å². The Kier molecular flexibility index (Phi) is 7.10. The maximum absolute atomic E-state index is 12.7. The van der Waals surface area contributed by atoms with E-state index in [0.717, 1.165) is 31.7 Å². The van der Waals surface area contributed by atoms with Gasteiger partial charge >= 0.3 is 0 Å². The monoisotopic (exact) mass is 414 g/mol. The summed E-state index contributed by atoms with van der Waals surface area (Å²) in [5.41, 5.74) is 4.42. The standard InChI is InChI=1S/C22H26N2O2S2/c1-5-26-11-10-24-19-9-8-18(27-4)14-20(19)28-22(24)23-21(25)13-17-12-15(2)6-7-16(17)3/h6-9,12,14H,5,10-11,13H2,1-4H3. The number of thiazole rings is 1. The van der Waals surface area contributed by atoms with Gasteiger partial charge in [-0.2, -0.15) is 4.99 Å². The molecule has 0 unspecified atom stereocenters. The lowest BCUT2D eigenvalue weighted by Gasteiger charge is -2.06. The van der Waals surface area contributed by atoms with Crippen LogP contribution in [0.2, 0.25) is 0 Å². The van der Waals surface area contributed by atoms with Gasteiger partial charge in [-0.15, -0.1) is 11.8 Å². The lowest BCUT2D eigenvalue weighted by Crippen LogP contribution is -2.20. The van der Waals surface area contributed by atoms with Crippen LogP contribution in [0.4, 0.5) is 0 Å². The van der Waals surface area contributed by atoms with Gasteiger partial charge in [0.2, 0.25) is 0 Å². The molecule has 0 spiro atoms. The average Bonchev–Trinajstić information content (AvgIpc) is 3.01. The first-order valence-electron chi connectivity index (χ1n) is 9.40. The Morgan fingerprint density at radius 2 is 2.04 bits per heavy atom. The highest BCUT2D eigenvalue weighted by molar-refractivity contribution is 7.98. The van der Waals surface area contributed by atoms with Crippen LogP contribution in [0, 0.1) is 13.8 Å². The van der Waals surface area contributed by atoms with Crippen molar-refractivity contribution in [2.75, 3.05) is 19.5 Å². The Bertz CT molecular complexity index is 1050. The van der Waals surface area contributed by atoms with Gasteiger partial charge < -0.3 is 9.30 Å². The summed E-state index contributed by atoms with van der Waals surface area (Å²) >= 11 is 3.28. The zero-order valence-corrected chi connectivity index (χ0v) is 18.5. The molecule has 6 heteroatoms. The van der Waals surface area contributed by atoms with Crippen LogP contribution in [0.1, 0.15) is 23.6 Å². The highest BCUT2D eigenvalue weighted by atomic mass is 32.2. The van der Waals surface area contributed by atoms with Crippen molar-refractivity contribution in [1.29, 1.82) is 0 Å². The van der Waals surface area contributed by atoms with Gasteiger partial charge in [0.15, 0.2) is 4.80 Å². The minimum absolute atomic E-state index is 0.115. The number of rotatable bonds is 7. The Morgan fingerprint density at radius 1 is 1.21 bits per heavy atom. The van der Waals surface area contributed by atoms with Crippen molar-refractivity contribution >= 4 is 39.2 Å². The highest BCUT2D eigenvalue weighted by Gasteiger charge is 2.10. The first-order valence-corrected chi connectivity index (χ1v) is 11.4. The fraction of sp³-hybridized carbons (Fsp3) is 0.364. The van der Waals surface area contributed by atoms with Crippen molar-refractivity contribution in [3.05, 3.63) is 57.9 Å². The van der Waals surface area contributed by atoms with E-state index >= 15 is 0 Å². The number of aryl methyl sites for hydroxylation is 2. The third kappa shape index (κ3) is 4.93. The molecule has 3 aromatic rings. The van der Waals surface area contributed by atoms with Crippen molar-refractivity contribution in [2.45, 2.75) is 38.6 Å². The van der Waals surface area contributed by atoms with Gasteiger partial charge in [-0.25, -0.2) is 0 Å². The maximum atomic E-state index is 12.7. The van der Waals surface area contributed by atoms with Crippen LogP contribution in [0.15, 0.2) is 46.3 Å². The van der Waals surface area contributed by atoms with Crippen molar-refractivity contribution < 1.29 is 9.53 Å². The summed E-state index contributed by atoms with van der Waals surface area (Å²) in [4.78, 5) is 19.1. The third-order valence-corrected chi connectivity index (χ3v) is 6.39. The molecule has 0 saturated heterocycles. The second kappa shape index (κ2) is 9.54. The van der Waals surface area contributed by atoms with Crippen molar-refractivity contribution in [2.24, 2.45) is 4.99 Å². The van der Waals surface area contributed by atoms with Crippen molar-refractivity contribution in [1.82, 2.24) is 4.57 Å². The zero-order valence-electron chi connectivity index (χ0n) is 16.8. The normalized spacial score (nSPS) is 12.1. The molecule has 0 saturated carbocycles. The van der Waals surface area contributed by atoms with E-state index in [-0.39, 0.29) is 5.91 Å². The van der Waals surface area contributed by atoms with Gasteiger partial charge in [0, 0.05) is 18.0 Å². The molecule has 0 radical (unpaired) electrons. The number of fused-ring (bicyclic) bond motifs is 1. The predicted octanol–water partition coefficient (Wildman–Crippen LogP) is 4.75. The number of carbonyl (C=O) groups excluding carboxylic acids is 1. The molecule has 3 rings (SSSR count). The smallest absolute Gasteiger partial charge is 0.252 e. The second-order valence-electron chi connectivity index (χ2n) is 6.68. The minimum Gasteiger partial charge on any atom is -0.380 e. The summed E-state index contributed by atoms with van der Waals surface area (Å²) in [5.74, 6) is -0.115. The van der Waals surface area contributed by atoms with Crippen LogP contribution in [0.25, 0.3) is 10.2 Å². The molecule has 1 aromatic heterocycles. The number of carbonyl (C=O) groups is 1. The van der Waals surface area contributed by atoms with Gasteiger partial charge in [-0.3, -0.25) is 4.79 Å². The van der Waals surface area contributed by atoms with Gasteiger partial charge in [0.1, 0.15) is 0 Å². The molecule has 1 heterocycles. The molecule has 0 aliphatic rings. The summed E-state index contributed by atoms with van der Waals surface area (Å²) in [7, 11) is 0. The third-order valence-electron chi connectivity index (χ3n) is 4.62. The van der Waals surface area contributed by atoms with Gasteiger partial charge in [-0.1, -0.05) is 35.1 Å². The van der Waals surface area contributed by atoms with E-state index in [4.69, 9.17) is 4.74 Å². The van der Waals surface area contributed by atoms with Crippen LogP contribution in [0.5, 0.6) is 0 Å². The van der Waals surface area contributed by atoms with Gasteiger partial charge in [-0.05, 0) is 56.4 Å². The quantitative estimate of drug-likeness (QED) is 0.414. The SMILES string of the molecule is CCOCCn1c(=NC(=O)Cc2cc(C)ccc2C)sc2cc(SC)ccc21. The molecule has 0 fully saturated rings. The van der Waals surface area contributed by atoms with E-state index in [1.54, 1.807) is 23.1 Å². The molecule has 148 valence electrons. The molecular formula is C22H26N2O2S2. The van der Waals surface area contributed by atoms with Crippen molar-refractivity contribution in [3.63, 3.8) is 0 Å². The highest BCUT2D eigenvalue weighted by Crippen LogP contribution is 2.24. The van der Waals surface area contributed by atoms with E-state index < -0.39 is 0 Å². The number of thioether (sulfide) groups is 1. The number of nitrogens with zero attached hydrogens (tertiary/aromatic N) is 2. The minimum atomic E-state index is -0.115. The van der Waals surface area contributed by atoms with Crippen molar-refractivity contribution in [3.8, 4) is 0 Å². The lowest BCUT2D eigenvalue weighted by atomic mass is 10.0. The van der Waals surface area contributed by atoms with E-state index in [1.165, 1.54) is 4.90 Å². The first kappa shape index (κ1) is 20.8. The molecular weight excluding hydrogens is 388 g/mol. The number of ether oxygens (including phenoxy) is 1. The number of hydrogen-bond acceptors (Lipinski definition) is 4. The predicted molar refractivity (Wildman–Crippen MR) is 118 cm³/mol. The van der Waals surface area contributed by atoms with E-state index in [0.29, 0.717) is 26.2 Å². The van der Waals surface area contributed by atoms with E-state index in [9.17, 15) is 4.79 Å². The Labute approximate surface area is 174 Å². The van der Waals surface area contributed by atoms with Crippen LogP contribution in [-0.4, -0.2) is 29.9 Å².